The van der Waals surface area contributed by atoms with Crippen molar-refractivity contribution in [3.63, 3.8) is 0 Å². The third-order valence-electron chi connectivity index (χ3n) is 1.82. The fourth-order valence-corrected chi connectivity index (χ4v) is 2.09. The third kappa shape index (κ3) is 2.17. The summed E-state index contributed by atoms with van der Waals surface area (Å²) in [6.07, 6.45) is 4.32. The van der Waals surface area contributed by atoms with Crippen molar-refractivity contribution in [2.45, 2.75) is 25.1 Å². The molecule has 0 aliphatic heterocycles. The standard InChI is InChI=1S/C8H12Cl2/c1-6-2-7(5-9)4-8(10)3-6/h2,7-8H,3-5H2,1H3. The van der Waals surface area contributed by atoms with Gasteiger partial charge in [-0.15, -0.1) is 23.2 Å². The van der Waals surface area contributed by atoms with Crippen LogP contribution in [0.15, 0.2) is 11.6 Å². The van der Waals surface area contributed by atoms with Crippen molar-refractivity contribution < 1.29 is 0 Å². The highest BCUT2D eigenvalue weighted by Gasteiger charge is 2.17. The fourth-order valence-electron chi connectivity index (χ4n) is 1.41. The van der Waals surface area contributed by atoms with Crippen LogP contribution in [0.4, 0.5) is 0 Å². The van der Waals surface area contributed by atoms with Gasteiger partial charge >= 0.3 is 0 Å². The van der Waals surface area contributed by atoms with Gasteiger partial charge in [0.25, 0.3) is 0 Å². The topological polar surface area (TPSA) is 0 Å². The zero-order valence-electron chi connectivity index (χ0n) is 6.11. The summed E-state index contributed by atoms with van der Waals surface area (Å²) in [5.41, 5.74) is 1.39. The van der Waals surface area contributed by atoms with E-state index in [0.29, 0.717) is 17.2 Å². The zero-order chi connectivity index (χ0) is 7.56. The van der Waals surface area contributed by atoms with Gasteiger partial charge in [0.2, 0.25) is 0 Å². The van der Waals surface area contributed by atoms with Crippen molar-refractivity contribution >= 4 is 23.2 Å². The molecule has 0 radical (unpaired) electrons. The van der Waals surface area contributed by atoms with Crippen LogP contribution in [0.25, 0.3) is 0 Å². The predicted molar refractivity (Wildman–Crippen MR) is 46.8 cm³/mol. The Hall–Kier alpha value is 0.320. The largest absolute Gasteiger partial charge is 0.126 e. The van der Waals surface area contributed by atoms with Crippen LogP contribution in [0, 0.1) is 5.92 Å². The molecule has 0 amide bonds. The molecule has 0 aromatic heterocycles. The third-order valence-corrected chi connectivity index (χ3v) is 2.55. The molecule has 0 saturated carbocycles. The number of halogens is 2. The van der Waals surface area contributed by atoms with Crippen LogP contribution < -0.4 is 0 Å². The van der Waals surface area contributed by atoms with Crippen molar-refractivity contribution in [3.8, 4) is 0 Å². The van der Waals surface area contributed by atoms with Gasteiger partial charge in [-0.3, -0.25) is 0 Å². The maximum absolute atomic E-state index is 5.99. The lowest BCUT2D eigenvalue weighted by atomic mass is 9.92. The molecule has 10 heavy (non-hydrogen) atoms. The summed E-state index contributed by atoms with van der Waals surface area (Å²) in [6, 6.07) is 0. The van der Waals surface area contributed by atoms with E-state index in [-0.39, 0.29) is 0 Å². The van der Waals surface area contributed by atoms with E-state index in [1.54, 1.807) is 0 Å². The second kappa shape index (κ2) is 3.64. The maximum Gasteiger partial charge on any atom is 0.0379 e. The minimum atomic E-state index is 0.314. The van der Waals surface area contributed by atoms with Crippen molar-refractivity contribution in [1.29, 1.82) is 0 Å². The van der Waals surface area contributed by atoms with E-state index < -0.39 is 0 Å². The Labute approximate surface area is 72.2 Å². The quantitative estimate of drug-likeness (QED) is 0.428. The van der Waals surface area contributed by atoms with Gasteiger partial charge < -0.3 is 0 Å². The average molecular weight is 179 g/mol. The molecule has 0 aromatic rings. The molecular weight excluding hydrogens is 167 g/mol. The van der Waals surface area contributed by atoms with E-state index in [1.807, 2.05) is 0 Å². The number of alkyl halides is 2. The van der Waals surface area contributed by atoms with E-state index in [4.69, 9.17) is 23.2 Å². The highest BCUT2D eigenvalue weighted by Crippen LogP contribution is 2.27. The Balaban J connectivity index is 2.55. The lowest BCUT2D eigenvalue weighted by Gasteiger charge is -2.21. The van der Waals surface area contributed by atoms with E-state index in [0.717, 1.165) is 12.8 Å². The Morgan fingerprint density at radius 2 is 2.40 bits per heavy atom. The molecule has 2 atom stereocenters. The molecule has 1 aliphatic rings. The highest BCUT2D eigenvalue weighted by atomic mass is 35.5. The Morgan fingerprint density at radius 1 is 1.70 bits per heavy atom. The molecule has 0 aromatic carbocycles. The highest BCUT2D eigenvalue weighted by molar-refractivity contribution is 6.21. The summed E-state index contributed by atoms with van der Waals surface area (Å²) >= 11 is 11.7. The minimum absolute atomic E-state index is 0.314. The van der Waals surface area contributed by atoms with Crippen LogP contribution in [-0.4, -0.2) is 11.3 Å². The van der Waals surface area contributed by atoms with Crippen LogP contribution >= 0.6 is 23.2 Å². The summed E-state index contributed by atoms with van der Waals surface area (Å²) in [4.78, 5) is 0. The average Bonchev–Trinajstić information content (AvgIpc) is 1.85. The van der Waals surface area contributed by atoms with Crippen LogP contribution in [0.5, 0.6) is 0 Å². The van der Waals surface area contributed by atoms with Crippen molar-refractivity contribution in [3.05, 3.63) is 11.6 Å². The summed E-state index contributed by atoms with van der Waals surface area (Å²) in [5, 5.41) is 0.314. The van der Waals surface area contributed by atoms with Gasteiger partial charge in [0.15, 0.2) is 0 Å². The summed E-state index contributed by atoms with van der Waals surface area (Å²) < 4.78 is 0. The van der Waals surface area contributed by atoms with Crippen LogP contribution in [0.2, 0.25) is 0 Å². The fraction of sp³-hybridized carbons (Fsp3) is 0.750. The number of hydrogen-bond donors (Lipinski definition) is 0. The first kappa shape index (κ1) is 8.42. The molecule has 1 rings (SSSR count). The van der Waals surface area contributed by atoms with E-state index >= 15 is 0 Å². The lowest BCUT2D eigenvalue weighted by molar-refractivity contribution is 0.580. The number of rotatable bonds is 1. The SMILES string of the molecule is CC1=CC(CCl)CC(Cl)C1. The minimum Gasteiger partial charge on any atom is -0.126 e. The molecular formula is C8H12Cl2. The van der Waals surface area contributed by atoms with Crippen molar-refractivity contribution in [2.24, 2.45) is 5.92 Å². The Morgan fingerprint density at radius 3 is 2.90 bits per heavy atom. The molecule has 0 N–H and O–H groups in total. The van der Waals surface area contributed by atoms with Gasteiger partial charge in [0.05, 0.1) is 0 Å². The number of allylic oxidation sites excluding steroid dienone is 2. The van der Waals surface area contributed by atoms with Crippen LogP contribution in [0.1, 0.15) is 19.8 Å². The normalized spacial score (nSPS) is 33.7. The first-order valence-electron chi connectivity index (χ1n) is 3.59. The molecule has 1 aliphatic carbocycles. The molecule has 2 unspecified atom stereocenters. The van der Waals surface area contributed by atoms with Gasteiger partial charge in [-0.05, 0) is 25.7 Å². The second-order valence-electron chi connectivity index (χ2n) is 2.96. The first-order valence-corrected chi connectivity index (χ1v) is 4.56. The van der Waals surface area contributed by atoms with Crippen LogP contribution in [-0.2, 0) is 0 Å². The van der Waals surface area contributed by atoms with Gasteiger partial charge in [-0.2, -0.15) is 0 Å². The molecule has 0 bridgehead atoms. The smallest absolute Gasteiger partial charge is 0.0379 e. The van der Waals surface area contributed by atoms with Crippen molar-refractivity contribution in [1.82, 2.24) is 0 Å². The van der Waals surface area contributed by atoms with E-state index in [2.05, 4.69) is 13.0 Å². The molecule has 58 valence electrons. The summed E-state index contributed by atoms with van der Waals surface area (Å²) in [5.74, 6) is 1.22. The second-order valence-corrected chi connectivity index (χ2v) is 3.89. The van der Waals surface area contributed by atoms with Crippen molar-refractivity contribution in [2.75, 3.05) is 5.88 Å². The monoisotopic (exact) mass is 178 g/mol. The van der Waals surface area contributed by atoms with Gasteiger partial charge in [-0.1, -0.05) is 11.6 Å². The molecule has 0 saturated heterocycles. The molecule has 0 fully saturated rings. The predicted octanol–water partition coefficient (Wildman–Crippen LogP) is 3.19. The summed E-state index contributed by atoms with van der Waals surface area (Å²) in [7, 11) is 0. The maximum atomic E-state index is 5.99. The van der Waals surface area contributed by atoms with Crippen LogP contribution in [0.3, 0.4) is 0 Å². The van der Waals surface area contributed by atoms with Gasteiger partial charge in [0.1, 0.15) is 0 Å². The van der Waals surface area contributed by atoms with Gasteiger partial charge in [-0.25, -0.2) is 0 Å². The first-order chi connectivity index (χ1) is 4.72. The number of hydrogen-bond acceptors (Lipinski definition) is 0. The van der Waals surface area contributed by atoms with E-state index in [9.17, 15) is 0 Å². The lowest BCUT2D eigenvalue weighted by Crippen LogP contribution is -2.14. The molecule has 0 spiro atoms. The molecule has 2 heteroatoms. The Kier molecular flexibility index (Phi) is 3.06. The van der Waals surface area contributed by atoms with Gasteiger partial charge in [0, 0.05) is 11.3 Å². The molecule has 0 nitrogen and oxygen atoms in total. The molecule has 0 heterocycles. The Bertz CT molecular complexity index is 140. The summed E-state index contributed by atoms with van der Waals surface area (Å²) in [6.45, 7) is 2.12. The van der Waals surface area contributed by atoms with E-state index in [1.165, 1.54) is 5.57 Å². The zero-order valence-corrected chi connectivity index (χ0v) is 7.62.